The van der Waals surface area contributed by atoms with Crippen LogP contribution in [-0.2, 0) is 0 Å². The lowest BCUT2D eigenvalue weighted by molar-refractivity contribution is -0.143. The highest BCUT2D eigenvalue weighted by atomic mass is 16.3. The zero-order valence-corrected chi connectivity index (χ0v) is 14.0. The molecule has 1 spiro atoms. The van der Waals surface area contributed by atoms with Crippen LogP contribution >= 0.6 is 0 Å². The van der Waals surface area contributed by atoms with Crippen LogP contribution in [0.25, 0.3) is 0 Å². The molecule has 0 radical (unpaired) electrons. The van der Waals surface area contributed by atoms with Crippen LogP contribution in [0.2, 0.25) is 0 Å². The van der Waals surface area contributed by atoms with Gasteiger partial charge in [0.1, 0.15) is 0 Å². The van der Waals surface area contributed by atoms with Crippen LogP contribution in [-0.4, -0.2) is 17.3 Å². The predicted molar refractivity (Wildman–Crippen MR) is 88.1 cm³/mol. The van der Waals surface area contributed by atoms with Gasteiger partial charge in [0.25, 0.3) is 0 Å². The standard InChI is InChI=1S/C19H35NO/c1-2-16-5-9-18(15-20,10-6-16)19(21)13-11-17(12-14-19)7-3-4-8-17/h16,21H,2-15,20H2,1H3. The van der Waals surface area contributed by atoms with Crippen molar-refractivity contribution in [1.82, 2.24) is 0 Å². The van der Waals surface area contributed by atoms with Crippen LogP contribution < -0.4 is 5.73 Å². The Labute approximate surface area is 130 Å². The average Bonchev–Trinajstić information content (AvgIpc) is 2.99. The molecular weight excluding hydrogens is 258 g/mol. The van der Waals surface area contributed by atoms with Crippen molar-refractivity contribution in [3.63, 3.8) is 0 Å². The van der Waals surface area contributed by atoms with Crippen molar-refractivity contribution >= 4 is 0 Å². The highest BCUT2D eigenvalue weighted by Gasteiger charge is 2.54. The molecule has 3 rings (SSSR count). The van der Waals surface area contributed by atoms with Gasteiger partial charge in [0, 0.05) is 12.0 Å². The summed E-state index contributed by atoms with van der Waals surface area (Å²) in [6.07, 6.45) is 16.4. The van der Waals surface area contributed by atoms with Gasteiger partial charge < -0.3 is 10.8 Å². The summed E-state index contributed by atoms with van der Waals surface area (Å²) >= 11 is 0. The molecule has 0 atom stereocenters. The molecule has 3 aliphatic carbocycles. The molecule has 0 aromatic heterocycles. The molecule has 0 aromatic rings. The summed E-state index contributed by atoms with van der Waals surface area (Å²) in [6.45, 7) is 2.99. The predicted octanol–water partition coefficient (Wildman–Crippen LogP) is 4.40. The van der Waals surface area contributed by atoms with E-state index in [-0.39, 0.29) is 5.41 Å². The zero-order chi connectivity index (χ0) is 15.0. The Bertz CT molecular complexity index is 341. The summed E-state index contributed by atoms with van der Waals surface area (Å²) in [5.74, 6) is 0.873. The molecule has 3 N–H and O–H groups in total. The minimum Gasteiger partial charge on any atom is -0.389 e. The van der Waals surface area contributed by atoms with Crippen molar-refractivity contribution in [1.29, 1.82) is 0 Å². The maximum Gasteiger partial charge on any atom is 0.0716 e. The average molecular weight is 293 g/mol. The highest BCUT2D eigenvalue weighted by molar-refractivity contribution is 5.06. The lowest BCUT2D eigenvalue weighted by atomic mass is 9.54. The van der Waals surface area contributed by atoms with Crippen LogP contribution in [0.4, 0.5) is 0 Å². The second-order valence-electron chi connectivity index (χ2n) is 8.57. The van der Waals surface area contributed by atoms with Crippen LogP contribution in [0.1, 0.15) is 90.4 Å². The summed E-state index contributed by atoms with van der Waals surface area (Å²) in [7, 11) is 0. The van der Waals surface area contributed by atoms with Gasteiger partial charge in [-0.05, 0) is 75.5 Å². The van der Waals surface area contributed by atoms with Gasteiger partial charge in [-0.15, -0.1) is 0 Å². The summed E-state index contributed by atoms with van der Waals surface area (Å²) in [6, 6.07) is 0. The SMILES string of the molecule is CCC1CCC(CN)(C2(O)CCC3(CCCC3)CC2)CC1. The second kappa shape index (κ2) is 5.85. The number of aliphatic hydroxyl groups is 1. The molecule has 0 aromatic carbocycles. The van der Waals surface area contributed by atoms with E-state index >= 15 is 0 Å². The van der Waals surface area contributed by atoms with Gasteiger partial charge in [0.15, 0.2) is 0 Å². The first-order chi connectivity index (χ1) is 10.1. The molecule has 3 saturated carbocycles. The molecule has 0 heterocycles. The van der Waals surface area contributed by atoms with Crippen molar-refractivity contribution in [2.75, 3.05) is 6.54 Å². The molecule has 21 heavy (non-hydrogen) atoms. The normalized spacial score (nSPS) is 38.7. The molecule has 0 saturated heterocycles. The van der Waals surface area contributed by atoms with Gasteiger partial charge in [-0.3, -0.25) is 0 Å². The zero-order valence-electron chi connectivity index (χ0n) is 14.0. The van der Waals surface area contributed by atoms with Crippen molar-refractivity contribution in [2.24, 2.45) is 22.5 Å². The van der Waals surface area contributed by atoms with Gasteiger partial charge in [0.05, 0.1) is 5.60 Å². The van der Waals surface area contributed by atoms with Crippen LogP contribution in [0.5, 0.6) is 0 Å². The Morgan fingerprint density at radius 2 is 1.48 bits per heavy atom. The fourth-order valence-corrected chi connectivity index (χ4v) is 5.85. The largest absolute Gasteiger partial charge is 0.389 e. The van der Waals surface area contributed by atoms with E-state index in [4.69, 9.17) is 5.73 Å². The molecule has 0 aliphatic heterocycles. The summed E-state index contributed by atoms with van der Waals surface area (Å²) < 4.78 is 0. The molecule has 2 nitrogen and oxygen atoms in total. The lowest BCUT2D eigenvalue weighted by Gasteiger charge is -2.55. The maximum atomic E-state index is 11.5. The molecule has 2 heteroatoms. The van der Waals surface area contributed by atoms with Gasteiger partial charge in [-0.1, -0.05) is 26.2 Å². The Hall–Kier alpha value is -0.0800. The van der Waals surface area contributed by atoms with E-state index in [0.29, 0.717) is 12.0 Å². The highest BCUT2D eigenvalue weighted by Crippen LogP contribution is 2.58. The van der Waals surface area contributed by atoms with E-state index in [1.807, 2.05) is 0 Å². The van der Waals surface area contributed by atoms with Crippen molar-refractivity contribution < 1.29 is 5.11 Å². The van der Waals surface area contributed by atoms with E-state index in [1.165, 1.54) is 57.8 Å². The van der Waals surface area contributed by atoms with Crippen LogP contribution in [0.15, 0.2) is 0 Å². The number of hydrogen-bond donors (Lipinski definition) is 2. The third-order valence-corrected chi connectivity index (χ3v) is 7.82. The molecule has 0 unspecified atom stereocenters. The van der Waals surface area contributed by atoms with Crippen molar-refractivity contribution in [3.8, 4) is 0 Å². The van der Waals surface area contributed by atoms with E-state index in [2.05, 4.69) is 6.92 Å². The molecular formula is C19H35NO. The van der Waals surface area contributed by atoms with Gasteiger partial charge in [-0.25, -0.2) is 0 Å². The number of hydrogen-bond acceptors (Lipinski definition) is 2. The van der Waals surface area contributed by atoms with Crippen LogP contribution in [0, 0.1) is 16.7 Å². The smallest absolute Gasteiger partial charge is 0.0716 e. The molecule has 3 fully saturated rings. The molecule has 3 aliphatic rings. The Kier molecular flexibility index (Phi) is 4.40. The Morgan fingerprint density at radius 1 is 0.905 bits per heavy atom. The van der Waals surface area contributed by atoms with E-state index in [0.717, 1.165) is 31.6 Å². The maximum absolute atomic E-state index is 11.5. The first-order valence-corrected chi connectivity index (χ1v) is 9.50. The third kappa shape index (κ3) is 2.67. The van der Waals surface area contributed by atoms with Gasteiger partial charge >= 0.3 is 0 Å². The summed E-state index contributed by atoms with van der Waals surface area (Å²) in [4.78, 5) is 0. The summed E-state index contributed by atoms with van der Waals surface area (Å²) in [5, 5.41) is 11.5. The molecule has 122 valence electrons. The first kappa shape index (κ1) is 15.8. The minimum absolute atomic E-state index is 0.0267. The van der Waals surface area contributed by atoms with E-state index in [9.17, 15) is 5.11 Å². The van der Waals surface area contributed by atoms with Crippen molar-refractivity contribution in [3.05, 3.63) is 0 Å². The first-order valence-electron chi connectivity index (χ1n) is 9.50. The molecule has 0 amide bonds. The van der Waals surface area contributed by atoms with E-state index < -0.39 is 5.60 Å². The van der Waals surface area contributed by atoms with Gasteiger partial charge in [-0.2, -0.15) is 0 Å². The fourth-order valence-electron chi connectivity index (χ4n) is 5.85. The van der Waals surface area contributed by atoms with Crippen LogP contribution in [0.3, 0.4) is 0 Å². The Balaban J connectivity index is 1.69. The third-order valence-electron chi connectivity index (χ3n) is 7.82. The fraction of sp³-hybridized carbons (Fsp3) is 1.00. The van der Waals surface area contributed by atoms with Crippen molar-refractivity contribution in [2.45, 2.75) is 96.0 Å². The number of nitrogens with two attached hydrogens (primary N) is 1. The van der Waals surface area contributed by atoms with E-state index in [1.54, 1.807) is 0 Å². The lowest BCUT2D eigenvalue weighted by Crippen LogP contribution is -2.56. The molecule has 0 bridgehead atoms. The summed E-state index contributed by atoms with van der Waals surface area (Å²) in [5.41, 5.74) is 6.39. The quantitative estimate of drug-likeness (QED) is 0.810. The Morgan fingerprint density at radius 3 is 1.95 bits per heavy atom. The number of rotatable bonds is 3. The monoisotopic (exact) mass is 293 g/mol. The topological polar surface area (TPSA) is 46.2 Å². The second-order valence-corrected chi connectivity index (χ2v) is 8.57. The minimum atomic E-state index is -0.464. The van der Waals surface area contributed by atoms with Gasteiger partial charge in [0.2, 0.25) is 0 Å².